The lowest BCUT2D eigenvalue weighted by molar-refractivity contribution is 0.0600. The average Bonchev–Trinajstić information content (AvgIpc) is 3.10. The molecule has 1 aromatic carbocycles. The molecule has 138 valence electrons. The van der Waals surface area contributed by atoms with Crippen molar-refractivity contribution < 1.29 is 22.2 Å². The van der Waals surface area contributed by atoms with Gasteiger partial charge >= 0.3 is 16.1 Å². The van der Waals surface area contributed by atoms with Gasteiger partial charge in [-0.25, -0.2) is 4.79 Å². The summed E-state index contributed by atoms with van der Waals surface area (Å²) in [5.74, 6) is -0.555. The number of carbonyl (C=O) groups is 1. The Kier molecular flexibility index (Phi) is 8.09. The van der Waals surface area contributed by atoms with Gasteiger partial charge < -0.3 is 4.74 Å². The highest BCUT2D eigenvalue weighted by molar-refractivity contribution is 8.18. The molecule has 0 saturated heterocycles. The van der Waals surface area contributed by atoms with E-state index in [-0.39, 0.29) is 16.2 Å². The maximum Gasteiger partial charge on any atom is 0.338 e. The van der Waals surface area contributed by atoms with Crippen molar-refractivity contribution >= 4 is 38.5 Å². The van der Waals surface area contributed by atoms with Crippen LogP contribution in [0, 0.1) is 11.3 Å². The van der Waals surface area contributed by atoms with Crippen molar-refractivity contribution in [2.24, 2.45) is 5.16 Å². The molecule has 0 aromatic heterocycles. The molecule has 0 aliphatic carbocycles. The second-order valence-electron chi connectivity index (χ2n) is 4.53. The first kappa shape index (κ1) is 21.5. The normalized spacial score (nSPS) is 16.3. The molecule has 1 aliphatic heterocycles. The molecular formula is C17H18N2O5S2. The molecule has 0 amide bonds. The van der Waals surface area contributed by atoms with E-state index in [4.69, 9.17) is 4.74 Å². The van der Waals surface area contributed by atoms with Gasteiger partial charge in [-0.15, -0.1) is 0 Å². The molecule has 0 fully saturated rings. The fourth-order valence-electron chi connectivity index (χ4n) is 1.85. The zero-order chi connectivity index (χ0) is 19.7. The molecule has 0 N–H and O–H groups in total. The molecule has 0 bridgehead atoms. The third-order valence-corrected chi connectivity index (χ3v) is 4.14. The van der Waals surface area contributed by atoms with E-state index in [9.17, 15) is 18.5 Å². The summed E-state index contributed by atoms with van der Waals surface area (Å²) in [7, 11) is -2.45. The van der Waals surface area contributed by atoms with Gasteiger partial charge in [-0.2, -0.15) is 13.7 Å². The van der Waals surface area contributed by atoms with Gasteiger partial charge in [0.05, 0.1) is 24.5 Å². The minimum Gasteiger partial charge on any atom is -0.465 e. The maximum atomic E-state index is 11.9. The lowest BCUT2D eigenvalue weighted by Gasteiger charge is -2.08. The Bertz CT molecular complexity index is 909. The van der Waals surface area contributed by atoms with Crippen molar-refractivity contribution in [1.29, 1.82) is 5.26 Å². The largest absolute Gasteiger partial charge is 0.465 e. The quantitative estimate of drug-likeness (QED) is 0.438. The molecule has 0 atom stereocenters. The highest BCUT2D eigenvalue weighted by atomic mass is 32.2. The Hall–Kier alpha value is -2.57. The Balaban J connectivity index is 0.00000163. The molecule has 0 saturated carbocycles. The molecule has 1 aliphatic rings. The lowest BCUT2D eigenvalue weighted by atomic mass is 10.00. The zero-order valence-corrected chi connectivity index (χ0v) is 16.3. The van der Waals surface area contributed by atoms with Crippen molar-refractivity contribution in [2.45, 2.75) is 13.8 Å². The zero-order valence-electron chi connectivity index (χ0n) is 14.7. The van der Waals surface area contributed by atoms with Crippen molar-refractivity contribution in [1.82, 2.24) is 0 Å². The van der Waals surface area contributed by atoms with E-state index in [0.29, 0.717) is 10.5 Å². The molecule has 26 heavy (non-hydrogen) atoms. The van der Waals surface area contributed by atoms with Crippen molar-refractivity contribution in [3.05, 3.63) is 52.4 Å². The molecule has 7 nitrogen and oxygen atoms in total. The standard InChI is InChI=1S/C15H12N2O5S2.C2H6/c1-21-15(18)11-6-4-3-5-10(11)12(9-16)13-7-8-14(23-13)17-22-24(2,19)20;1-2/h3-8H,1-2H3;1-2H3/b13-12-,17-14+;. The van der Waals surface area contributed by atoms with E-state index in [0.717, 1.165) is 18.0 Å². The molecule has 0 radical (unpaired) electrons. The molecular weight excluding hydrogens is 376 g/mol. The number of esters is 1. The Labute approximate surface area is 157 Å². The Morgan fingerprint density at radius 1 is 1.19 bits per heavy atom. The van der Waals surface area contributed by atoms with Gasteiger partial charge in [0.25, 0.3) is 0 Å². The number of rotatable bonds is 4. The molecule has 2 rings (SSSR count). The highest BCUT2D eigenvalue weighted by Gasteiger charge is 2.20. The van der Waals surface area contributed by atoms with Crippen molar-refractivity contribution in [3.63, 3.8) is 0 Å². The van der Waals surface area contributed by atoms with Crippen LogP contribution < -0.4 is 0 Å². The predicted octanol–water partition coefficient (Wildman–Crippen LogP) is 3.33. The van der Waals surface area contributed by atoms with Gasteiger partial charge in [-0.1, -0.05) is 49.0 Å². The summed E-state index contributed by atoms with van der Waals surface area (Å²) in [6.45, 7) is 4.00. The summed E-state index contributed by atoms with van der Waals surface area (Å²) in [4.78, 5) is 12.4. The number of hydrogen-bond acceptors (Lipinski definition) is 8. The van der Waals surface area contributed by atoms with E-state index < -0.39 is 16.1 Å². The molecule has 1 aromatic rings. The summed E-state index contributed by atoms with van der Waals surface area (Å²) in [5.41, 5.74) is 0.932. The van der Waals surface area contributed by atoms with E-state index in [2.05, 4.69) is 15.5 Å². The topological polar surface area (TPSA) is 106 Å². The molecule has 0 unspecified atom stereocenters. The SMILES string of the molecule is CC.COC(=O)c1ccccc1/C(C#N)=C1C=C/C(=N\OS(C)(=O)=O)S/1. The van der Waals surface area contributed by atoms with Gasteiger partial charge in [0.2, 0.25) is 0 Å². The first-order chi connectivity index (χ1) is 12.4. The van der Waals surface area contributed by atoms with Crippen LogP contribution in [0.1, 0.15) is 29.8 Å². The minimum atomic E-state index is -3.71. The van der Waals surface area contributed by atoms with Crippen LogP contribution in [0.25, 0.3) is 5.57 Å². The van der Waals surface area contributed by atoms with Gasteiger partial charge in [0.15, 0.2) is 0 Å². The average molecular weight is 394 g/mol. The van der Waals surface area contributed by atoms with Crippen molar-refractivity contribution in [3.8, 4) is 6.07 Å². The molecule has 1 heterocycles. The van der Waals surface area contributed by atoms with Gasteiger partial charge in [-0.05, 0) is 18.2 Å². The number of allylic oxidation sites excluding steroid dienone is 2. The predicted molar refractivity (Wildman–Crippen MR) is 102 cm³/mol. The van der Waals surface area contributed by atoms with E-state index in [1.165, 1.54) is 13.2 Å². The van der Waals surface area contributed by atoms with Crippen LogP contribution in [0.5, 0.6) is 0 Å². The van der Waals surface area contributed by atoms with Crippen molar-refractivity contribution in [2.75, 3.05) is 13.4 Å². The van der Waals surface area contributed by atoms with Gasteiger partial charge in [0, 0.05) is 10.5 Å². The first-order valence-corrected chi connectivity index (χ1v) is 10.1. The van der Waals surface area contributed by atoms with Crippen LogP contribution >= 0.6 is 11.8 Å². The van der Waals surface area contributed by atoms with Crippen LogP contribution in [0.3, 0.4) is 0 Å². The number of ether oxygens (including phenoxy) is 1. The second-order valence-corrected chi connectivity index (χ2v) is 7.15. The number of hydrogen-bond donors (Lipinski definition) is 0. The minimum absolute atomic E-state index is 0.252. The van der Waals surface area contributed by atoms with Crippen LogP contribution in [0.4, 0.5) is 0 Å². The van der Waals surface area contributed by atoms with Crippen LogP contribution in [-0.2, 0) is 19.1 Å². The smallest absolute Gasteiger partial charge is 0.338 e. The summed E-state index contributed by atoms with van der Waals surface area (Å²) in [5, 5.41) is 13.3. The number of nitrogens with zero attached hydrogens (tertiary/aromatic N) is 2. The van der Waals surface area contributed by atoms with Gasteiger partial charge in [0.1, 0.15) is 11.1 Å². The number of thioether (sulfide) groups is 1. The van der Waals surface area contributed by atoms with Crippen LogP contribution in [0.15, 0.2) is 46.5 Å². The molecule has 9 heteroatoms. The number of benzene rings is 1. The van der Waals surface area contributed by atoms with E-state index in [1.54, 1.807) is 30.3 Å². The monoisotopic (exact) mass is 394 g/mol. The fraction of sp³-hybridized carbons (Fsp3) is 0.235. The third kappa shape index (κ3) is 5.75. The number of carbonyl (C=O) groups excluding carboxylic acids is 1. The van der Waals surface area contributed by atoms with Crippen LogP contribution in [0.2, 0.25) is 0 Å². The fourth-order valence-corrected chi connectivity index (χ4v) is 2.95. The maximum absolute atomic E-state index is 11.9. The number of nitriles is 1. The highest BCUT2D eigenvalue weighted by Crippen LogP contribution is 2.35. The summed E-state index contributed by atoms with van der Waals surface area (Å²) in [6.07, 6.45) is 4.00. The number of methoxy groups -OCH3 is 1. The van der Waals surface area contributed by atoms with E-state index in [1.807, 2.05) is 13.8 Å². The summed E-state index contributed by atoms with van der Waals surface area (Å²) in [6, 6.07) is 8.62. The van der Waals surface area contributed by atoms with E-state index >= 15 is 0 Å². The Morgan fingerprint density at radius 2 is 1.81 bits per heavy atom. The molecule has 0 spiro atoms. The lowest BCUT2D eigenvalue weighted by Crippen LogP contribution is -2.05. The Morgan fingerprint density at radius 3 is 2.35 bits per heavy atom. The second kappa shape index (κ2) is 9.79. The number of oxime groups is 1. The summed E-state index contributed by atoms with van der Waals surface area (Å²) >= 11 is 1.06. The van der Waals surface area contributed by atoms with Gasteiger partial charge in [-0.3, -0.25) is 4.28 Å². The summed E-state index contributed by atoms with van der Waals surface area (Å²) < 4.78 is 31.0. The third-order valence-electron chi connectivity index (χ3n) is 2.81. The first-order valence-electron chi connectivity index (χ1n) is 7.50. The van der Waals surface area contributed by atoms with Crippen LogP contribution in [-0.4, -0.2) is 32.8 Å².